The molecule has 1 saturated heterocycles. The number of hydrogen-bond acceptors (Lipinski definition) is 5. The number of rotatable bonds is 5. The van der Waals surface area contributed by atoms with Crippen LogP contribution in [0.15, 0.2) is 53.1 Å². The molecule has 1 aromatic carbocycles. The summed E-state index contributed by atoms with van der Waals surface area (Å²) in [5, 5.41) is 8.50. The third kappa shape index (κ3) is 4.25. The van der Waals surface area contributed by atoms with Crippen molar-refractivity contribution in [3.8, 4) is 11.6 Å². The Balaban J connectivity index is 1.41. The van der Waals surface area contributed by atoms with Crippen LogP contribution in [0.1, 0.15) is 55.5 Å². The van der Waals surface area contributed by atoms with Crippen molar-refractivity contribution in [3.63, 3.8) is 0 Å². The maximum atomic E-state index is 5.94. The van der Waals surface area contributed by atoms with E-state index in [2.05, 4.69) is 58.2 Å². The Kier molecular flexibility index (Phi) is 5.30. The van der Waals surface area contributed by atoms with Gasteiger partial charge < -0.3 is 4.42 Å². The first-order valence-electron chi connectivity index (χ1n) is 9.75. The van der Waals surface area contributed by atoms with Gasteiger partial charge >= 0.3 is 0 Å². The highest BCUT2D eigenvalue weighted by Crippen LogP contribution is 2.28. The van der Waals surface area contributed by atoms with Crippen LogP contribution in [0.4, 0.5) is 0 Å². The quantitative estimate of drug-likeness (QED) is 0.662. The van der Waals surface area contributed by atoms with Crippen molar-refractivity contribution < 1.29 is 4.42 Å². The zero-order chi connectivity index (χ0) is 18.6. The molecule has 27 heavy (non-hydrogen) atoms. The molecule has 2 aromatic heterocycles. The van der Waals surface area contributed by atoms with Crippen molar-refractivity contribution in [2.24, 2.45) is 0 Å². The van der Waals surface area contributed by atoms with Crippen molar-refractivity contribution >= 4 is 0 Å². The predicted octanol–water partition coefficient (Wildman–Crippen LogP) is 4.63. The zero-order valence-corrected chi connectivity index (χ0v) is 16.0. The molecule has 0 aliphatic carbocycles. The van der Waals surface area contributed by atoms with E-state index in [9.17, 15) is 0 Å². The Morgan fingerprint density at radius 1 is 1.11 bits per heavy atom. The summed E-state index contributed by atoms with van der Waals surface area (Å²) in [6.07, 6.45) is 3.98. The van der Waals surface area contributed by atoms with E-state index >= 15 is 0 Å². The summed E-state index contributed by atoms with van der Waals surface area (Å²) in [6.45, 7) is 7.50. The Morgan fingerprint density at radius 2 is 1.96 bits per heavy atom. The minimum atomic E-state index is 0.290. The first-order valence-corrected chi connectivity index (χ1v) is 9.75. The van der Waals surface area contributed by atoms with E-state index in [1.54, 1.807) is 6.20 Å². The lowest BCUT2D eigenvalue weighted by atomic mass is 9.97. The number of hydrogen-bond donors (Lipinski definition) is 0. The van der Waals surface area contributed by atoms with Crippen molar-refractivity contribution in [1.82, 2.24) is 20.1 Å². The van der Waals surface area contributed by atoms with Crippen LogP contribution < -0.4 is 0 Å². The molecule has 5 heteroatoms. The van der Waals surface area contributed by atoms with Crippen LogP contribution in [0, 0.1) is 0 Å². The lowest BCUT2D eigenvalue weighted by Gasteiger charge is -2.31. The molecule has 0 N–H and O–H groups in total. The van der Waals surface area contributed by atoms with Gasteiger partial charge in [0.1, 0.15) is 5.69 Å². The lowest BCUT2D eigenvalue weighted by molar-refractivity contribution is 0.186. The van der Waals surface area contributed by atoms with Crippen LogP contribution in [0.2, 0.25) is 0 Å². The van der Waals surface area contributed by atoms with Gasteiger partial charge in [0, 0.05) is 19.3 Å². The molecule has 5 nitrogen and oxygen atoms in total. The van der Waals surface area contributed by atoms with Gasteiger partial charge in [-0.2, -0.15) is 0 Å². The van der Waals surface area contributed by atoms with Crippen molar-refractivity contribution in [1.29, 1.82) is 0 Å². The Labute approximate surface area is 160 Å². The average molecular weight is 362 g/mol. The Morgan fingerprint density at radius 3 is 2.70 bits per heavy atom. The van der Waals surface area contributed by atoms with Crippen LogP contribution in [0.25, 0.3) is 11.6 Å². The molecule has 140 valence electrons. The fourth-order valence-electron chi connectivity index (χ4n) is 3.66. The smallest absolute Gasteiger partial charge is 0.266 e. The summed E-state index contributed by atoms with van der Waals surface area (Å²) in [5.74, 6) is 2.10. The molecule has 0 unspecified atom stereocenters. The van der Waals surface area contributed by atoms with Gasteiger partial charge in [0.15, 0.2) is 0 Å². The topological polar surface area (TPSA) is 55.1 Å². The third-order valence-electron chi connectivity index (χ3n) is 5.23. The SMILES string of the molecule is CC(C)c1ccc(CN2CCC[C@H](c3nnc(-c4ccccn4)o3)C2)cc1. The van der Waals surface area contributed by atoms with Crippen LogP contribution in [0.5, 0.6) is 0 Å². The molecule has 4 rings (SSSR count). The molecule has 1 atom stereocenters. The number of benzene rings is 1. The van der Waals surface area contributed by atoms with Crippen molar-refractivity contribution in [2.75, 3.05) is 13.1 Å². The maximum absolute atomic E-state index is 5.94. The van der Waals surface area contributed by atoms with E-state index in [1.165, 1.54) is 11.1 Å². The normalized spacial score (nSPS) is 18.1. The van der Waals surface area contributed by atoms with E-state index in [0.29, 0.717) is 17.7 Å². The monoisotopic (exact) mass is 362 g/mol. The zero-order valence-electron chi connectivity index (χ0n) is 16.0. The minimum Gasteiger partial charge on any atom is -0.419 e. The van der Waals surface area contributed by atoms with Gasteiger partial charge in [0.2, 0.25) is 5.89 Å². The number of piperidine rings is 1. The number of nitrogens with zero attached hydrogens (tertiary/aromatic N) is 4. The van der Waals surface area contributed by atoms with E-state index in [0.717, 1.165) is 44.1 Å². The van der Waals surface area contributed by atoms with Crippen LogP contribution in [-0.2, 0) is 6.54 Å². The molecular formula is C22H26N4O. The van der Waals surface area contributed by atoms with Gasteiger partial charge in [-0.05, 0) is 48.6 Å². The van der Waals surface area contributed by atoms with Gasteiger partial charge in [-0.25, -0.2) is 0 Å². The average Bonchev–Trinajstić information content (AvgIpc) is 3.20. The predicted molar refractivity (Wildman–Crippen MR) is 105 cm³/mol. The molecule has 1 aliphatic heterocycles. The molecule has 0 bridgehead atoms. The Bertz CT molecular complexity index is 858. The van der Waals surface area contributed by atoms with Crippen LogP contribution in [0.3, 0.4) is 0 Å². The maximum Gasteiger partial charge on any atom is 0.266 e. The molecule has 0 spiro atoms. The summed E-state index contributed by atoms with van der Waals surface area (Å²) < 4.78 is 5.94. The summed E-state index contributed by atoms with van der Waals surface area (Å²) in [6, 6.07) is 14.7. The Hall–Kier alpha value is -2.53. The van der Waals surface area contributed by atoms with Crippen molar-refractivity contribution in [2.45, 2.75) is 45.1 Å². The third-order valence-corrected chi connectivity index (χ3v) is 5.23. The van der Waals surface area contributed by atoms with Gasteiger partial charge in [0.25, 0.3) is 5.89 Å². The first kappa shape index (κ1) is 17.9. The largest absolute Gasteiger partial charge is 0.419 e. The highest BCUT2D eigenvalue weighted by molar-refractivity contribution is 5.45. The van der Waals surface area contributed by atoms with E-state index in [-0.39, 0.29) is 0 Å². The second-order valence-corrected chi connectivity index (χ2v) is 7.63. The fraction of sp³-hybridized carbons (Fsp3) is 0.409. The molecular weight excluding hydrogens is 336 g/mol. The van der Waals surface area contributed by atoms with Crippen LogP contribution >= 0.6 is 0 Å². The number of aromatic nitrogens is 3. The molecule has 3 heterocycles. The van der Waals surface area contributed by atoms with Gasteiger partial charge in [-0.3, -0.25) is 9.88 Å². The second-order valence-electron chi connectivity index (χ2n) is 7.63. The summed E-state index contributed by atoms with van der Waals surface area (Å²) in [5.41, 5.74) is 3.48. The summed E-state index contributed by atoms with van der Waals surface area (Å²) in [7, 11) is 0. The van der Waals surface area contributed by atoms with E-state index in [1.807, 2.05) is 18.2 Å². The molecule has 1 fully saturated rings. The van der Waals surface area contributed by atoms with Gasteiger partial charge in [-0.1, -0.05) is 44.2 Å². The molecule has 0 saturated carbocycles. The number of pyridine rings is 1. The first-order chi connectivity index (χ1) is 13.2. The molecule has 1 aliphatic rings. The number of likely N-dealkylation sites (tertiary alicyclic amines) is 1. The van der Waals surface area contributed by atoms with Gasteiger partial charge in [0.05, 0.1) is 5.92 Å². The van der Waals surface area contributed by atoms with Gasteiger partial charge in [-0.15, -0.1) is 10.2 Å². The molecule has 0 radical (unpaired) electrons. The highest BCUT2D eigenvalue weighted by atomic mass is 16.4. The molecule has 3 aromatic rings. The van der Waals surface area contributed by atoms with E-state index < -0.39 is 0 Å². The minimum absolute atomic E-state index is 0.290. The highest BCUT2D eigenvalue weighted by Gasteiger charge is 2.26. The standard InChI is InChI=1S/C22H26N4O/c1-16(2)18-10-8-17(9-11-18)14-26-13-5-6-19(15-26)21-24-25-22(27-21)20-7-3-4-12-23-20/h3-4,7-12,16,19H,5-6,13-15H2,1-2H3/t19-/m0/s1. The van der Waals surface area contributed by atoms with Crippen LogP contribution in [-0.4, -0.2) is 33.2 Å². The second kappa shape index (κ2) is 8.01. The lowest BCUT2D eigenvalue weighted by Crippen LogP contribution is -2.34. The van der Waals surface area contributed by atoms with E-state index in [4.69, 9.17) is 4.42 Å². The summed E-state index contributed by atoms with van der Waals surface area (Å²) >= 11 is 0. The molecule has 0 amide bonds. The summed E-state index contributed by atoms with van der Waals surface area (Å²) in [4.78, 5) is 6.78. The van der Waals surface area contributed by atoms with Crippen molar-refractivity contribution in [3.05, 3.63) is 65.7 Å². The fourth-order valence-corrected chi connectivity index (χ4v) is 3.66.